The van der Waals surface area contributed by atoms with Gasteiger partial charge in [0, 0.05) is 19.3 Å². The molecule has 2 heterocycles. The van der Waals surface area contributed by atoms with Crippen LogP contribution in [0.2, 0.25) is 0 Å². The molecule has 0 spiro atoms. The Morgan fingerprint density at radius 3 is 2.48 bits per heavy atom. The molecule has 0 fully saturated rings. The van der Waals surface area contributed by atoms with Gasteiger partial charge in [-0.3, -0.25) is 0 Å². The summed E-state index contributed by atoms with van der Waals surface area (Å²) in [5.74, 6) is 0.586. The number of halogens is 3. The maximum atomic E-state index is 13.0. The first-order valence-corrected chi connectivity index (χ1v) is 8.85. The van der Waals surface area contributed by atoms with Crippen molar-refractivity contribution >= 4 is 16.9 Å². The number of hydrogen-bond donors (Lipinski definition) is 2. The first-order valence-electron chi connectivity index (χ1n) is 8.85. The highest BCUT2D eigenvalue weighted by molar-refractivity contribution is 5.87. The second-order valence-electron chi connectivity index (χ2n) is 6.34. The zero-order valence-corrected chi connectivity index (χ0v) is 15.1. The number of anilines is 1. The number of fused-ring (bicyclic) bond motifs is 1. The predicted octanol–water partition coefficient (Wildman–Crippen LogP) is 4.98. The van der Waals surface area contributed by atoms with Gasteiger partial charge in [0.05, 0.1) is 16.6 Å². The van der Waals surface area contributed by atoms with Crippen molar-refractivity contribution in [1.82, 2.24) is 15.0 Å². The van der Waals surface area contributed by atoms with Gasteiger partial charge in [-0.25, -0.2) is 9.97 Å². The van der Waals surface area contributed by atoms with E-state index in [0.29, 0.717) is 17.5 Å². The SMILES string of the molecule is CCCN(CCC)c1ncccc1-c1nc2c(O)cc(C(F)(F)F)cc2[nH]1. The van der Waals surface area contributed by atoms with E-state index in [0.717, 1.165) is 37.8 Å². The Hall–Kier alpha value is -2.77. The van der Waals surface area contributed by atoms with Crippen molar-refractivity contribution in [3.8, 4) is 17.1 Å². The van der Waals surface area contributed by atoms with E-state index in [4.69, 9.17) is 0 Å². The van der Waals surface area contributed by atoms with E-state index in [2.05, 4.69) is 33.7 Å². The zero-order chi connectivity index (χ0) is 19.6. The third kappa shape index (κ3) is 3.84. The Kier molecular flexibility index (Phi) is 5.25. The molecule has 5 nitrogen and oxygen atoms in total. The number of pyridine rings is 1. The Balaban J connectivity index is 2.12. The molecule has 0 bridgehead atoms. The van der Waals surface area contributed by atoms with Crippen molar-refractivity contribution in [2.45, 2.75) is 32.9 Å². The van der Waals surface area contributed by atoms with Crippen molar-refractivity contribution in [1.29, 1.82) is 0 Å². The van der Waals surface area contributed by atoms with Crippen LogP contribution in [0.3, 0.4) is 0 Å². The van der Waals surface area contributed by atoms with E-state index in [-0.39, 0.29) is 11.0 Å². The molecule has 2 aromatic heterocycles. The van der Waals surface area contributed by atoms with Crippen LogP contribution in [0.4, 0.5) is 19.0 Å². The molecule has 3 rings (SSSR count). The van der Waals surface area contributed by atoms with Crippen LogP contribution < -0.4 is 4.90 Å². The standard InChI is InChI=1S/C19H21F3N4O/c1-3-8-26(9-4-2)18-13(6-5-7-23-18)17-24-14-10-12(19(20,21)22)11-15(27)16(14)25-17/h5-7,10-11,27H,3-4,8-9H2,1-2H3,(H,24,25). The average molecular weight is 378 g/mol. The largest absolute Gasteiger partial charge is 0.506 e. The van der Waals surface area contributed by atoms with Crippen molar-refractivity contribution < 1.29 is 18.3 Å². The van der Waals surface area contributed by atoms with Gasteiger partial charge in [-0.15, -0.1) is 0 Å². The normalized spacial score (nSPS) is 11.9. The molecule has 0 amide bonds. The van der Waals surface area contributed by atoms with Crippen molar-refractivity contribution in [3.05, 3.63) is 36.0 Å². The summed E-state index contributed by atoms with van der Waals surface area (Å²) in [5, 5.41) is 10.0. The molecular weight excluding hydrogens is 357 g/mol. The number of nitrogens with zero attached hydrogens (tertiary/aromatic N) is 3. The predicted molar refractivity (Wildman–Crippen MR) is 98.8 cm³/mol. The molecule has 0 aliphatic rings. The molecule has 8 heteroatoms. The highest BCUT2D eigenvalue weighted by atomic mass is 19.4. The van der Waals surface area contributed by atoms with Gasteiger partial charge in [0.1, 0.15) is 22.9 Å². The molecule has 1 aromatic carbocycles. The van der Waals surface area contributed by atoms with E-state index in [1.165, 1.54) is 0 Å². The second kappa shape index (κ2) is 7.46. The number of aromatic nitrogens is 3. The molecule has 0 saturated carbocycles. The monoisotopic (exact) mass is 378 g/mol. The minimum atomic E-state index is -4.55. The number of aromatic hydroxyl groups is 1. The average Bonchev–Trinajstić information content (AvgIpc) is 3.05. The number of alkyl halides is 3. The first kappa shape index (κ1) is 19.0. The molecule has 144 valence electrons. The quantitative estimate of drug-likeness (QED) is 0.635. The summed E-state index contributed by atoms with van der Waals surface area (Å²) >= 11 is 0. The highest BCUT2D eigenvalue weighted by Crippen LogP contribution is 2.37. The summed E-state index contributed by atoms with van der Waals surface area (Å²) in [5.41, 5.74) is -0.00809. The van der Waals surface area contributed by atoms with Gasteiger partial charge >= 0.3 is 6.18 Å². The summed E-state index contributed by atoms with van der Waals surface area (Å²) in [6.45, 7) is 5.76. The van der Waals surface area contributed by atoms with Gasteiger partial charge in [0.2, 0.25) is 0 Å². The Bertz CT molecular complexity index is 930. The third-order valence-corrected chi connectivity index (χ3v) is 4.22. The number of imidazole rings is 1. The fourth-order valence-corrected chi connectivity index (χ4v) is 3.09. The Labute approximate surface area is 154 Å². The molecule has 0 aliphatic carbocycles. The number of hydrogen-bond acceptors (Lipinski definition) is 4. The van der Waals surface area contributed by atoms with Crippen molar-refractivity contribution in [2.75, 3.05) is 18.0 Å². The van der Waals surface area contributed by atoms with Crippen LogP contribution >= 0.6 is 0 Å². The van der Waals surface area contributed by atoms with E-state index < -0.39 is 17.5 Å². The summed E-state index contributed by atoms with van der Waals surface area (Å²) in [6.07, 6.45) is -0.994. The van der Waals surface area contributed by atoms with Crippen LogP contribution in [-0.4, -0.2) is 33.1 Å². The molecule has 27 heavy (non-hydrogen) atoms. The fraction of sp³-hybridized carbons (Fsp3) is 0.368. The second-order valence-corrected chi connectivity index (χ2v) is 6.34. The summed E-state index contributed by atoms with van der Waals surface area (Å²) < 4.78 is 39.0. The van der Waals surface area contributed by atoms with E-state index in [9.17, 15) is 18.3 Å². The van der Waals surface area contributed by atoms with Gasteiger partial charge in [-0.05, 0) is 37.1 Å². The van der Waals surface area contributed by atoms with E-state index in [1.54, 1.807) is 12.3 Å². The highest BCUT2D eigenvalue weighted by Gasteiger charge is 2.32. The number of phenols is 1. The lowest BCUT2D eigenvalue weighted by Gasteiger charge is -2.24. The molecular formula is C19H21F3N4O. The lowest BCUT2D eigenvalue weighted by Crippen LogP contribution is -2.26. The van der Waals surface area contributed by atoms with Crippen molar-refractivity contribution in [2.24, 2.45) is 0 Å². The third-order valence-electron chi connectivity index (χ3n) is 4.22. The van der Waals surface area contributed by atoms with Gasteiger partial charge in [-0.2, -0.15) is 13.2 Å². The first-order chi connectivity index (χ1) is 12.8. The Morgan fingerprint density at radius 1 is 1.15 bits per heavy atom. The van der Waals surface area contributed by atoms with E-state index >= 15 is 0 Å². The number of benzene rings is 1. The lowest BCUT2D eigenvalue weighted by atomic mass is 10.2. The molecule has 0 atom stereocenters. The summed E-state index contributed by atoms with van der Waals surface area (Å²) in [6, 6.07) is 5.22. The number of rotatable bonds is 6. The zero-order valence-electron chi connectivity index (χ0n) is 15.1. The van der Waals surface area contributed by atoms with Gasteiger partial charge < -0.3 is 15.0 Å². The maximum absolute atomic E-state index is 13.0. The van der Waals surface area contributed by atoms with Crippen LogP contribution in [0.25, 0.3) is 22.4 Å². The number of H-pyrrole nitrogens is 1. The fourth-order valence-electron chi connectivity index (χ4n) is 3.09. The van der Waals surface area contributed by atoms with Gasteiger partial charge in [0.25, 0.3) is 0 Å². The van der Waals surface area contributed by atoms with Crippen LogP contribution in [0.15, 0.2) is 30.5 Å². The molecule has 0 saturated heterocycles. The van der Waals surface area contributed by atoms with Crippen LogP contribution in [0.5, 0.6) is 5.75 Å². The number of phenolic OH excluding ortho intramolecular Hbond substituents is 1. The van der Waals surface area contributed by atoms with E-state index in [1.807, 2.05) is 6.07 Å². The minimum Gasteiger partial charge on any atom is -0.506 e. The van der Waals surface area contributed by atoms with Gasteiger partial charge in [0.15, 0.2) is 0 Å². The van der Waals surface area contributed by atoms with Crippen LogP contribution in [-0.2, 0) is 6.18 Å². The summed E-state index contributed by atoms with van der Waals surface area (Å²) in [7, 11) is 0. The Morgan fingerprint density at radius 2 is 1.85 bits per heavy atom. The minimum absolute atomic E-state index is 0.102. The molecule has 0 unspecified atom stereocenters. The molecule has 3 aromatic rings. The molecule has 0 aliphatic heterocycles. The van der Waals surface area contributed by atoms with Crippen LogP contribution in [0.1, 0.15) is 32.3 Å². The lowest BCUT2D eigenvalue weighted by molar-refractivity contribution is -0.137. The van der Waals surface area contributed by atoms with Crippen LogP contribution in [0, 0.1) is 0 Å². The van der Waals surface area contributed by atoms with Gasteiger partial charge in [-0.1, -0.05) is 13.8 Å². The van der Waals surface area contributed by atoms with Crippen molar-refractivity contribution in [3.63, 3.8) is 0 Å². The maximum Gasteiger partial charge on any atom is 0.416 e. The molecule has 0 radical (unpaired) electrons. The topological polar surface area (TPSA) is 65.0 Å². The summed E-state index contributed by atoms with van der Waals surface area (Å²) in [4.78, 5) is 13.8. The number of nitrogens with one attached hydrogen (secondary N) is 1. The smallest absolute Gasteiger partial charge is 0.416 e. The molecule has 2 N–H and O–H groups in total. The number of aromatic amines is 1.